The van der Waals surface area contributed by atoms with Gasteiger partial charge in [-0.15, -0.1) is 0 Å². The zero-order valence-corrected chi connectivity index (χ0v) is 27.7. The van der Waals surface area contributed by atoms with E-state index < -0.39 is 5.91 Å². The fraction of sp³-hybridized carbons (Fsp3) is 0.171. The van der Waals surface area contributed by atoms with Gasteiger partial charge in [-0.2, -0.15) is 10.4 Å². The molecule has 11 heteroatoms. The van der Waals surface area contributed by atoms with E-state index in [-0.39, 0.29) is 24.0 Å². The van der Waals surface area contributed by atoms with E-state index in [1.54, 1.807) is 30.3 Å². The number of carbonyl (C=O) groups is 1. The minimum absolute atomic E-state index is 0.0816. The molecule has 0 aliphatic heterocycles. The number of rotatable bonds is 12. The van der Waals surface area contributed by atoms with Gasteiger partial charge in [0, 0.05) is 32.7 Å². The molecule has 0 saturated heterocycles. The molecule has 1 N–H and O–H groups in total. The highest BCUT2D eigenvalue weighted by atomic mass is 79.9. The van der Waals surface area contributed by atoms with E-state index in [2.05, 4.69) is 63.1 Å². The summed E-state index contributed by atoms with van der Waals surface area (Å²) in [5.41, 5.74) is 7.59. The Morgan fingerprint density at radius 2 is 1.76 bits per heavy atom. The average Bonchev–Trinajstić information content (AvgIpc) is 3.68. The Balaban J connectivity index is 1.19. The van der Waals surface area contributed by atoms with Crippen LogP contribution in [0.1, 0.15) is 51.3 Å². The van der Waals surface area contributed by atoms with Gasteiger partial charge in [0.1, 0.15) is 29.7 Å². The van der Waals surface area contributed by atoms with Crippen molar-refractivity contribution in [3.63, 3.8) is 0 Å². The monoisotopic (exact) mass is 700 g/mol. The van der Waals surface area contributed by atoms with Crippen molar-refractivity contribution < 1.29 is 23.4 Å². The number of nitriles is 1. The standard InChI is InChI=1S/C35H30BrClN4O5/c1-4-43-31-17-26(32(36)33(37)34(31)45-20-25-8-6-5-7-24(25)18-38)19-39-40-35(42)30-16-15-29(46-30)21-44-28-13-11-27(12-14-28)41-22(2)9-10-23(41)3/h5-17,19H,4,20-21H2,1-3H3,(H,40,42)/b39-19+. The van der Waals surface area contributed by atoms with Gasteiger partial charge in [0.2, 0.25) is 0 Å². The van der Waals surface area contributed by atoms with Crippen LogP contribution in [0, 0.1) is 25.2 Å². The Morgan fingerprint density at radius 1 is 1.02 bits per heavy atom. The smallest absolute Gasteiger partial charge is 0.307 e. The fourth-order valence-corrected chi connectivity index (χ4v) is 5.37. The maximum atomic E-state index is 12.7. The molecule has 0 bridgehead atoms. The summed E-state index contributed by atoms with van der Waals surface area (Å²) in [6, 6.07) is 26.2. The topological polar surface area (TPSA) is 111 Å². The second-order valence-electron chi connectivity index (χ2n) is 10.1. The number of hydrazone groups is 1. The van der Waals surface area contributed by atoms with Gasteiger partial charge in [-0.3, -0.25) is 4.79 Å². The van der Waals surface area contributed by atoms with Crippen LogP contribution in [0.5, 0.6) is 17.2 Å². The van der Waals surface area contributed by atoms with Crippen molar-refractivity contribution in [1.29, 1.82) is 5.26 Å². The Bertz CT molecular complexity index is 1900. The van der Waals surface area contributed by atoms with E-state index in [1.165, 1.54) is 6.21 Å². The largest absolute Gasteiger partial charge is 0.490 e. The molecule has 0 saturated carbocycles. The van der Waals surface area contributed by atoms with Gasteiger partial charge in [-0.25, -0.2) is 5.43 Å². The summed E-state index contributed by atoms with van der Waals surface area (Å²) in [6.07, 6.45) is 1.43. The van der Waals surface area contributed by atoms with E-state index in [9.17, 15) is 10.1 Å². The lowest BCUT2D eigenvalue weighted by Crippen LogP contribution is -2.16. The number of halogens is 2. The second-order valence-corrected chi connectivity index (χ2v) is 11.3. The van der Waals surface area contributed by atoms with Crippen LogP contribution in [0.4, 0.5) is 0 Å². The minimum Gasteiger partial charge on any atom is -0.490 e. The molecule has 9 nitrogen and oxygen atoms in total. The molecule has 0 fully saturated rings. The first-order valence-electron chi connectivity index (χ1n) is 14.3. The van der Waals surface area contributed by atoms with Gasteiger partial charge >= 0.3 is 5.91 Å². The summed E-state index contributed by atoms with van der Waals surface area (Å²) in [5, 5.41) is 13.7. The van der Waals surface area contributed by atoms with E-state index in [0.29, 0.717) is 50.8 Å². The molecular formula is C35H30BrClN4O5. The summed E-state index contributed by atoms with van der Waals surface area (Å²) in [7, 11) is 0. The molecule has 0 aliphatic rings. The second kappa shape index (κ2) is 14.9. The molecule has 2 heterocycles. The van der Waals surface area contributed by atoms with E-state index >= 15 is 0 Å². The predicted octanol–water partition coefficient (Wildman–Crippen LogP) is 8.30. The Hall–Kier alpha value is -4.98. The lowest BCUT2D eigenvalue weighted by molar-refractivity contribution is 0.0923. The van der Waals surface area contributed by atoms with Crippen LogP contribution in [0.15, 0.2) is 92.9 Å². The van der Waals surface area contributed by atoms with Gasteiger partial charge in [0.25, 0.3) is 0 Å². The SMILES string of the molecule is CCOc1cc(/C=N/NC(=O)c2ccc(COc3ccc(-n4c(C)ccc4C)cc3)o2)c(Br)c(Cl)c1OCc1ccccc1C#N. The normalized spacial score (nSPS) is 11.0. The first kappa shape index (κ1) is 32.4. The van der Waals surface area contributed by atoms with Crippen LogP contribution in [-0.2, 0) is 13.2 Å². The van der Waals surface area contributed by atoms with Gasteiger partial charge in [-0.1, -0.05) is 29.8 Å². The molecule has 0 spiro atoms. The maximum absolute atomic E-state index is 12.7. The highest BCUT2D eigenvalue weighted by molar-refractivity contribution is 9.10. The minimum atomic E-state index is -0.535. The zero-order valence-electron chi connectivity index (χ0n) is 25.3. The van der Waals surface area contributed by atoms with E-state index in [4.69, 9.17) is 30.2 Å². The third kappa shape index (κ3) is 7.45. The van der Waals surface area contributed by atoms with Gasteiger partial charge < -0.3 is 23.2 Å². The number of carbonyl (C=O) groups excluding carboxylic acids is 1. The van der Waals surface area contributed by atoms with Crippen molar-refractivity contribution in [3.8, 4) is 29.0 Å². The van der Waals surface area contributed by atoms with Crippen LogP contribution in [-0.4, -0.2) is 23.3 Å². The third-order valence-electron chi connectivity index (χ3n) is 6.97. The average molecular weight is 702 g/mol. The van der Waals surface area contributed by atoms with Crippen LogP contribution in [0.3, 0.4) is 0 Å². The first-order valence-corrected chi connectivity index (χ1v) is 15.5. The molecular weight excluding hydrogens is 672 g/mol. The van der Waals surface area contributed by atoms with E-state index in [1.807, 2.05) is 43.3 Å². The molecule has 5 rings (SSSR count). The molecule has 0 radical (unpaired) electrons. The summed E-state index contributed by atoms with van der Waals surface area (Å²) in [5.74, 6) is 1.41. The molecule has 234 valence electrons. The van der Waals surface area contributed by atoms with Crippen molar-refractivity contribution in [2.75, 3.05) is 6.61 Å². The number of aryl methyl sites for hydroxylation is 2. The molecule has 3 aromatic carbocycles. The molecule has 0 atom stereocenters. The van der Waals surface area contributed by atoms with Crippen molar-refractivity contribution in [3.05, 3.63) is 128 Å². The lowest BCUT2D eigenvalue weighted by atomic mass is 10.1. The number of amides is 1. The summed E-state index contributed by atoms with van der Waals surface area (Å²) >= 11 is 10.1. The zero-order chi connectivity index (χ0) is 32.6. The molecule has 0 aliphatic carbocycles. The number of nitrogens with zero attached hydrogens (tertiary/aromatic N) is 3. The lowest BCUT2D eigenvalue weighted by Gasteiger charge is -2.16. The molecule has 46 heavy (non-hydrogen) atoms. The summed E-state index contributed by atoms with van der Waals surface area (Å²) in [6.45, 7) is 6.60. The number of aromatic nitrogens is 1. The van der Waals surface area contributed by atoms with Crippen LogP contribution < -0.4 is 19.6 Å². The molecule has 2 aromatic heterocycles. The Morgan fingerprint density at radius 3 is 2.48 bits per heavy atom. The van der Waals surface area contributed by atoms with Gasteiger partial charge in [0.05, 0.1) is 24.5 Å². The van der Waals surface area contributed by atoms with Crippen molar-refractivity contribution in [1.82, 2.24) is 9.99 Å². The first-order chi connectivity index (χ1) is 22.3. The van der Waals surface area contributed by atoms with Gasteiger partial charge in [0.15, 0.2) is 17.3 Å². The van der Waals surface area contributed by atoms with Crippen LogP contribution >= 0.6 is 27.5 Å². The molecule has 1 amide bonds. The number of nitrogens with one attached hydrogen (secondary N) is 1. The Kier molecular flexibility index (Phi) is 10.5. The number of hydrogen-bond acceptors (Lipinski definition) is 7. The van der Waals surface area contributed by atoms with Crippen LogP contribution in [0.2, 0.25) is 5.02 Å². The maximum Gasteiger partial charge on any atom is 0.307 e. The molecule has 5 aromatic rings. The third-order valence-corrected chi connectivity index (χ3v) is 8.41. The number of benzene rings is 3. The molecule has 0 unspecified atom stereocenters. The number of ether oxygens (including phenoxy) is 3. The van der Waals surface area contributed by atoms with Crippen molar-refractivity contribution in [2.24, 2.45) is 5.10 Å². The highest BCUT2D eigenvalue weighted by Gasteiger charge is 2.18. The van der Waals surface area contributed by atoms with Crippen LogP contribution in [0.25, 0.3) is 5.69 Å². The number of furan rings is 1. The predicted molar refractivity (Wildman–Crippen MR) is 179 cm³/mol. The summed E-state index contributed by atoms with van der Waals surface area (Å²) in [4.78, 5) is 12.7. The summed E-state index contributed by atoms with van der Waals surface area (Å²) < 4.78 is 25.9. The Labute approximate surface area is 280 Å². The van der Waals surface area contributed by atoms with Crippen molar-refractivity contribution in [2.45, 2.75) is 34.0 Å². The quantitative estimate of drug-likeness (QED) is 0.104. The highest BCUT2D eigenvalue weighted by Crippen LogP contribution is 2.42. The fourth-order valence-electron chi connectivity index (χ4n) is 4.72. The van der Waals surface area contributed by atoms with E-state index in [0.717, 1.165) is 17.1 Å². The van der Waals surface area contributed by atoms with Crippen molar-refractivity contribution >= 4 is 39.7 Å². The van der Waals surface area contributed by atoms with Gasteiger partial charge in [-0.05, 0) is 97.4 Å². The number of hydrogen-bond donors (Lipinski definition) is 1.